The summed E-state index contributed by atoms with van der Waals surface area (Å²) in [5.74, 6) is -0.431. The number of hydrogen-bond donors (Lipinski definition) is 0. The van der Waals surface area contributed by atoms with Gasteiger partial charge in [0.2, 0.25) is 0 Å². The van der Waals surface area contributed by atoms with Crippen LogP contribution in [0.3, 0.4) is 0 Å². The number of carbonyl (C=O) groups is 1. The minimum Gasteiger partial charge on any atom is -0.464 e. The molecule has 0 spiro atoms. The van der Waals surface area contributed by atoms with E-state index in [1.165, 1.54) is 42.6 Å². The van der Waals surface area contributed by atoms with Gasteiger partial charge >= 0.3 is 5.97 Å². The Morgan fingerprint density at radius 2 is 1.76 bits per heavy atom. The molecule has 7 heteroatoms. The molecular formula is C30H40ClFN2O2S. The Bertz CT molecular complexity index is 1030. The summed E-state index contributed by atoms with van der Waals surface area (Å²) < 4.78 is 19.9. The lowest BCUT2D eigenvalue weighted by molar-refractivity contribution is -0.144. The van der Waals surface area contributed by atoms with E-state index in [1.807, 2.05) is 12.1 Å². The Kier molecular flexibility index (Phi) is 11.2. The van der Waals surface area contributed by atoms with Crippen LogP contribution < -0.4 is 0 Å². The van der Waals surface area contributed by atoms with Gasteiger partial charge in [-0.1, -0.05) is 87.0 Å². The molecule has 1 saturated heterocycles. The smallest absolute Gasteiger partial charge is 0.305 e. The highest BCUT2D eigenvalue weighted by Crippen LogP contribution is 2.44. The molecule has 1 fully saturated rings. The number of fused-ring (bicyclic) bond motifs is 2. The number of hydrogen-bond acceptors (Lipinski definition) is 5. The lowest BCUT2D eigenvalue weighted by Gasteiger charge is -2.39. The first-order valence-corrected chi connectivity index (χ1v) is 15.1. The van der Waals surface area contributed by atoms with Crippen molar-refractivity contribution in [1.29, 1.82) is 0 Å². The Balaban J connectivity index is 1.24. The number of rotatable bonds is 12. The molecule has 2 aromatic carbocycles. The second-order valence-electron chi connectivity index (χ2n) is 10.2. The van der Waals surface area contributed by atoms with Crippen LogP contribution in [0.5, 0.6) is 0 Å². The van der Waals surface area contributed by atoms with Crippen LogP contribution in [0.2, 0.25) is 5.02 Å². The third kappa shape index (κ3) is 8.19. The molecule has 2 aliphatic heterocycles. The predicted molar refractivity (Wildman–Crippen MR) is 150 cm³/mol. The Morgan fingerprint density at radius 1 is 1.03 bits per heavy atom. The van der Waals surface area contributed by atoms with Crippen LogP contribution in [-0.4, -0.2) is 55.1 Å². The molecule has 0 amide bonds. The Labute approximate surface area is 230 Å². The third-order valence-electron chi connectivity index (χ3n) is 7.52. The molecule has 4 nitrogen and oxygen atoms in total. The van der Waals surface area contributed by atoms with E-state index in [0.29, 0.717) is 13.0 Å². The van der Waals surface area contributed by atoms with Gasteiger partial charge in [-0.3, -0.25) is 14.6 Å². The number of esters is 1. The van der Waals surface area contributed by atoms with E-state index in [2.05, 4.69) is 34.9 Å². The molecule has 37 heavy (non-hydrogen) atoms. The van der Waals surface area contributed by atoms with Gasteiger partial charge in [-0.25, -0.2) is 4.39 Å². The van der Waals surface area contributed by atoms with E-state index < -0.39 is 0 Å². The van der Waals surface area contributed by atoms with Crippen molar-refractivity contribution >= 4 is 29.3 Å². The maximum Gasteiger partial charge on any atom is 0.305 e. The number of benzene rings is 2. The van der Waals surface area contributed by atoms with Gasteiger partial charge in [0, 0.05) is 55.0 Å². The lowest BCUT2D eigenvalue weighted by atomic mass is 9.96. The number of nitrogens with zero attached hydrogens (tertiary/aromatic N) is 2. The molecule has 0 saturated carbocycles. The van der Waals surface area contributed by atoms with Gasteiger partial charge in [-0.2, -0.15) is 0 Å². The molecule has 2 aromatic rings. The van der Waals surface area contributed by atoms with Crippen molar-refractivity contribution in [1.82, 2.24) is 9.80 Å². The normalized spacial score (nSPS) is 18.2. The molecule has 202 valence electrons. The molecule has 2 heterocycles. The molecule has 1 atom stereocenters. The van der Waals surface area contributed by atoms with Crippen molar-refractivity contribution in [2.45, 2.75) is 80.5 Å². The fourth-order valence-corrected chi connectivity index (χ4v) is 6.63. The number of carbonyl (C=O) groups excluding carboxylic acids is 1. The summed E-state index contributed by atoms with van der Waals surface area (Å²) in [6.07, 6.45) is 9.84. The minimum atomic E-state index is -0.364. The second kappa shape index (κ2) is 14.5. The predicted octanol–water partition coefficient (Wildman–Crippen LogP) is 7.53. The van der Waals surface area contributed by atoms with Gasteiger partial charge in [0.25, 0.3) is 0 Å². The molecule has 2 aliphatic rings. The van der Waals surface area contributed by atoms with E-state index in [9.17, 15) is 9.18 Å². The van der Waals surface area contributed by atoms with Gasteiger partial charge in [-0.05, 0) is 42.2 Å². The fourth-order valence-electron chi connectivity index (χ4n) is 5.31. The molecule has 0 bridgehead atoms. The molecular weight excluding hydrogens is 507 g/mol. The molecule has 0 aromatic heterocycles. The summed E-state index contributed by atoms with van der Waals surface area (Å²) in [7, 11) is 0. The second-order valence-corrected chi connectivity index (χ2v) is 11.7. The van der Waals surface area contributed by atoms with E-state index in [1.54, 1.807) is 17.8 Å². The third-order valence-corrected chi connectivity index (χ3v) is 9.00. The zero-order valence-electron chi connectivity index (χ0n) is 22.0. The van der Waals surface area contributed by atoms with Gasteiger partial charge in [0.1, 0.15) is 12.4 Å². The van der Waals surface area contributed by atoms with Gasteiger partial charge in [0.05, 0.1) is 5.02 Å². The largest absolute Gasteiger partial charge is 0.464 e. The first-order chi connectivity index (χ1) is 18.0. The van der Waals surface area contributed by atoms with Crippen LogP contribution in [0.1, 0.15) is 75.5 Å². The van der Waals surface area contributed by atoms with E-state index in [-0.39, 0.29) is 22.9 Å². The Hall–Kier alpha value is -1.60. The van der Waals surface area contributed by atoms with E-state index >= 15 is 0 Å². The summed E-state index contributed by atoms with van der Waals surface area (Å²) >= 11 is 7.87. The molecule has 0 N–H and O–H groups in total. The molecule has 0 aliphatic carbocycles. The van der Waals surface area contributed by atoms with Gasteiger partial charge in [-0.15, -0.1) is 0 Å². The van der Waals surface area contributed by atoms with Crippen LogP contribution in [0.4, 0.5) is 4.39 Å². The number of unbranched alkanes of at least 4 members (excludes halogenated alkanes) is 6. The number of piperazine rings is 1. The fraction of sp³-hybridized carbons (Fsp3) is 0.567. The maximum absolute atomic E-state index is 14.4. The zero-order valence-corrected chi connectivity index (χ0v) is 23.6. The van der Waals surface area contributed by atoms with Crippen LogP contribution in [-0.2, 0) is 16.0 Å². The maximum atomic E-state index is 14.4. The summed E-state index contributed by atoms with van der Waals surface area (Å²) in [4.78, 5) is 19.1. The summed E-state index contributed by atoms with van der Waals surface area (Å²) in [6.45, 7) is 7.13. The van der Waals surface area contributed by atoms with Crippen LogP contribution in [0.25, 0.3) is 0 Å². The quantitative estimate of drug-likeness (QED) is 0.203. The highest BCUT2D eigenvalue weighted by molar-refractivity contribution is 7.99. The molecule has 0 radical (unpaired) electrons. The van der Waals surface area contributed by atoms with Crippen molar-refractivity contribution in [2.75, 3.05) is 39.3 Å². The highest BCUT2D eigenvalue weighted by Gasteiger charge is 2.30. The summed E-state index contributed by atoms with van der Waals surface area (Å²) in [5.41, 5.74) is 2.40. The van der Waals surface area contributed by atoms with Gasteiger partial charge < -0.3 is 4.74 Å². The van der Waals surface area contributed by atoms with E-state index in [0.717, 1.165) is 62.4 Å². The van der Waals surface area contributed by atoms with Crippen molar-refractivity contribution in [3.05, 3.63) is 58.4 Å². The van der Waals surface area contributed by atoms with Crippen molar-refractivity contribution in [2.24, 2.45) is 0 Å². The summed E-state index contributed by atoms with van der Waals surface area (Å²) in [5, 5.41) is 0.187. The number of ether oxygens (including phenoxy) is 1. The minimum absolute atomic E-state index is 0.0671. The number of halogens is 2. The SMILES string of the molecule is CCCCCCCCCC(=O)OCCN1CCN(C2Cc3ccccc3Sc3cc(F)c(Cl)cc32)CC1. The van der Waals surface area contributed by atoms with Crippen molar-refractivity contribution in [3.63, 3.8) is 0 Å². The molecule has 4 rings (SSSR count). The highest BCUT2D eigenvalue weighted by atomic mass is 35.5. The van der Waals surface area contributed by atoms with Crippen molar-refractivity contribution < 1.29 is 13.9 Å². The van der Waals surface area contributed by atoms with E-state index in [4.69, 9.17) is 16.3 Å². The van der Waals surface area contributed by atoms with Crippen LogP contribution >= 0.6 is 23.4 Å². The van der Waals surface area contributed by atoms with Crippen molar-refractivity contribution in [3.8, 4) is 0 Å². The average Bonchev–Trinajstić information content (AvgIpc) is 3.05. The zero-order chi connectivity index (χ0) is 26.0. The topological polar surface area (TPSA) is 32.8 Å². The average molecular weight is 547 g/mol. The lowest BCUT2D eigenvalue weighted by Crippen LogP contribution is -2.48. The van der Waals surface area contributed by atoms with Crippen LogP contribution in [0.15, 0.2) is 46.2 Å². The monoisotopic (exact) mass is 546 g/mol. The van der Waals surface area contributed by atoms with Gasteiger partial charge in [0.15, 0.2) is 0 Å². The summed E-state index contributed by atoms with van der Waals surface area (Å²) in [6, 6.07) is 12.0. The van der Waals surface area contributed by atoms with Crippen LogP contribution in [0, 0.1) is 5.82 Å². The Morgan fingerprint density at radius 3 is 2.54 bits per heavy atom. The standard InChI is InChI=1S/C30H40ClFN2O2S/c1-2-3-4-5-6-7-8-13-30(35)36-19-18-33-14-16-34(17-15-33)27-20-23-11-9-10-12-28(23)37-29-22-26(32)25(31)21-24(27)29/h9-12,21-22,27H,2-8,13-20H2,1H3. The first kappa shape index (κ1) is 28.4. The first-order valence-electron chi connectivity index (χ1n) is 13.9. The molecule has 1 unspecified atom stereocenters.